The highest BCUT2D eigenvalue weighted by molar-refractivity contribution is 5.24. The first-order chi connectivity index (χ1) is 8.85. The van der Waals surface area contributed by atoms with E-state index in [1.165, 1.54) is 11.3 Å². The molecule has 4 heteroatoms. The molecule has 1 heterocycles. The summed E-state index contributed by atoms with van der Waals surface area (Å²) in [5.41, 5.74) is 4.01. The highest BCUT2D eigenvalue weighted by Gasteiger charge is 2.13. The Bertz CT molecular complexity index is 391. The Labute approximate surface area is 117 Å². The molecule has 1 N–H and O–H groups in total. The summed E-state index contributed by atoms with van der Waals surface area (Å²) in [6.07, 6.45) is 2.05. The van der Waals surface area contributed by atoms with Crippen LogP contribution in [-0.2, 0) is 17.7 Å². The van der Waals surface area contributed by atoms with E-state index in [9.17, 15) is 0 Å². The van der Waals surface area contributed by atoms with Crippen molar-refractivity contribution in [3.8, 4) is 0 Å². The highest BCUT2D eigenvalue weighted by atomic mass is 16.5. The van der Waals surface area contributed by atoms with Crippen molar-refractivity contribution in [1.29, 1.82) is 0 Å². The Morgan fingerprint density at radius 3 is 2.53 bits per heavy atom. The van der Waals surface area contributed by atoms with Gasteiger partial charge in [0.2, 0.25) is 0 Å². The van der Waals surface area contributed by atoms with Crippen molar-refractivity contribution in [1.82, 2.24) is 15.1 Å². The lowest BCUT2D eigenvalue weighted by Gasteiger charge is -2.20. The van der Waals surface area contributed by atoms with Crippen LogP contribution in [0.4, 0.5) is 0 Å². The molecule has 0 radical (unpaired) electrons. The van der Waals surface area contributed by atoms with Gasteiger partial charge in [0.1, 0.15) is 0 Å². The van der Waals surface area contributed by atoms with Gasteiger partial charge in [0.25, 0.3) is 0 Å². The lowest BCUT2D eigenvalue weighted by molar-refractivity contribution is 0.188. The molecule has 19 heavy (non-hydrogen) atoms. The summed E-state index contributed by atoms with van der Waals surface area (Å²) in [4.78, 5) is 0. The first kappa shape index (κ1) is 16.2. The molecule has 4 nitrogen and oxygen atoms in total. The normalized spacial score (nSPS) is 12.1. The second kappa shape index (κ2) is 7.06. The Morgan fingerprint density at radius 2 is 1.95 bits per heavy atom. The molecule has 0 aromatic carbocycles. The Morgan fingerprint density at radius 1 is 1.26 bits per heavy atom. The van der Waals surface area contributed by atoms with Crippen LogP contribution in [0.2, 0.25) is 0 Å². The van der Waals surface area contributed by atoms with Gasteiger partial charge in [-0.25, -0.2) is 0 Å². The largest absolute Gasteiger partial charge is 0.385 e. The first-order valence-corrected chi connectivity index (χ1v) is 7.12. The van der Waals surface area contributed by atoms with Crippen molar-refractivity contribution in [3.63, 3.8) is 0 Å². The predicted molar refractivity (Wildman–Crippen MR) is 79.7 cm³/mol. The van der Waals surface area contributed by atoms with Crippen LogP contribution >= 0.6 is 0 Å². The van der Waals surface area contributed by atoms with Crippen molar-refractivity contribution in [2.24, 2.45) is 0 Å². The number of hydrogen-bond donors (Lipinski definition) is 1. The van der Waals surface area contributed by atoms with E-state index in [4.69, 9.17) is 4.74 Å². The SMILES string of the molecule is COCCCn1nc(C)c(CCNC(C)(C)C)c1C. The van der Waals surface area contributed by atoms with Gasteiger partial charge in [-0.3, -0.25) is 4.68 Å². The van der Waals surface area contributed by atoms with Crippen molar-refractivity contribution in [3.05, 3.63) is 17.0 Å². The summed E-state index contributed by atoms with van der Waals surface area (Å²) in [7, 11) is 1.74. The standard InChI is InChI=1S/C15H29N3O/c1-12-14(8-9-16-15(3,4)5)13(2)18(17-12)10-7-11-19-6/h16H,7-11H2,1-6H3. The summed E-state index contributed by atoms with van der Waals surface area (Å²) < 4.78 is 7.20. The van der Waals surface area contributed by atoms with E-state index in [1.807, 2.05) is 0 Å². The van der Waals surface area contributed by atoms with Gasteiger partial charge < -0.3 is 10.1 Å². The summed E-state index contributed by atoms with van der Waals surface area (Å²) in [5.74, 6) is 0. The van der Waals surface area contributed by atoms with E-state index < -0.39 is 0 Å². The van der Waals surface area contributed by atoms with Crippen molar-refractivity contribution >= 4 is 0 Å². The summed E-state index contributed by atoms with van der Waals surface area (Å²) in [6, 6.07) is 0. The molecule has 0 atom stereocenters. The van der Waals surface area contributed by atoms with Gasteiger partial charge in [0.05, 0.1) is 5.69 Å². The average Bonchev–Trinajstić information content (AvgIpc) is 2.55. The third-order valence-electron chi connectivity index (χ3n) is 3.28. The minimum atomic E-state index is 0.177. The zero-order valence-electron chi connectivity index (χ0n) is 13.3. The monoisotopic (exact) mass is 267 g/mol. The maximum Gasteiger partial charge on any atom is 0.0628 e. The van der Waals surface area contributed by atoms with E-state index >= 15 is 0 Å². The molecule has 0 unspecified atom stereocenters. The second-order valence-corrected chi connectivity index (χ2v) is 6.15. The number of ether oxygens (including phenoxy) is 1. The van der Waals surface area contributed by atoms with Gasteiger partial charge >= 0.3 is 0 Å². The average molecular weight is 267 g/mol. The number of rotatable bonds is 7. The Balaban J connectivity index is 2.58. The minimum Gasteiger partial charge on any atom is -0.385 e. The van der Waals surface area contributed by atoms with Crippen molar-refractivity contribution in [2.45, 2.75) is 59.5 Å². The van der Waals surface area contributed by atoms with Gasteiger partial charge in [-0.05, 0) is 59.6 Å². The van der Waals surface area contributed by atoms with Crippen LogP contribution < -0.4 is 5.32 Å². The minimum absolute atomic E-state index is 0.177. The summed E-state index contributed by atoms with van der Waals surface area (Å²) in [6.45, 7) is 13.6. The molecule has 0 aliphatic rings. The molecular weight excluding hydrogens is 238 g/mol. The Hall–Kier alpha value is -0.870. The number of aromatic nitrogens is 2. The molecule has 0 spiro atoms. The molecule has 0 aliphatic heterocycles. The molecule has 110 valence electrons. The quantitative estimate of drug-likeness (QED) is 0.771. The zero-order valence-corrected chi connectivity index (χ0v) is 13.3. The number of aryl methyl sites for hydroxylation is 2. The lowest BCUT2D eigenvalue weighted by Crippen LogP contribution is -2.37. The van der Waals surface area contributed by atoms with Crippen LogP contribution in [0.25, 0.3) is 0 Å². The van der Waals surface area contributed by atoms with Crippen molar-refractivity contribution < 1.29 is 4.74 Å². The first-order valence-electron chi connectivity index (χ1n) is 7.12. The van der Waals surface area contributed by atoms with Gasteiger partial charge in [-0.15, -0.1) is 0 Å². The fourth-order valence-corrected chi connectivity index (χ4v) is 2.23. The van der Waals surface area contributed by atoms with Gasteiger partial charge in [0, 0.05) is 31.5 Å². The van der Waals surface area contributed by atoms with Gasteiger partial charge in [-0.2, -0.15) is 5.10 Å². The molecule has 0 saturated carbocycles. The van der Waals surface area contributed by atoms with Gasteiger partial charge in [0.15, 0.2) is 0 Å². The van der Waals surface area contributed by atoms with E-state index in [2.05, 4.69) is 49.7 Å². The molecule has 0 saturated heterocycles. The van der Waals surface area contributed by atoms with E-state index in [0.29, 0.717) is 0 Å². The maximum atomic E-state index is 5.09. The number of nitrogens with one attached hydrogen (secondary N) is 1. The zero-order chi connectivity index (χ0) is 14.5. The van der Waals surface area contributed by atoms with E-state index in [0.717, 1.165) is 38.2 Å². The van der Waals surface area contributed by atoms with Crippen LogP contribution in [-0.4, -0.2) is 35.6 Å². The van der Waals surface area contributed by atoms with E-state index in [1.54, 1.807) is 7.11 Å². The summed E-state index contributed by atoms with van der Waals surface area (Å²) in [5, 5.41) is 8.16. The number of nitrogens with zero attached hydrogens (tertiary/aromatic N) is 2. The number of methoxy groups -OCH3 is 1. The molecule has 0 bridgehead atoms. The molecular formula is C15H29N3O. The topological polar surface area (TPSA) is 39.1 Å². The van der Waals surface area contributed by atoms with Crippen LogP contribution in [0.3, 0.4) is 0 Å². The molecule has 0 fully saturated rings. The lowest BCUT2D eigenvalue weighted by atomic mass is 10.1. The van der Waals surface area contributed by atoms with E-state index in [-0.39, 0.29) is 5.54 Å². The fourth-order valence-electron chi connectivity index (χ4n) is 2.23. The molecule has 1 rings (SSSR count). The third-order valence-corrected chi connectivity index (χ3v) is 3.28. The molecule has 1 aromatic rings. The van der Waals surface area contributed by atoms with Crippen LogP contribution in [0.5, 0.6) is 0 Å². The second-order valence-electron chi connectivity index (χ2n) is 6.15. The van der Waals surface area contributed by atoms with Gasteiger partial charge in [-0.1, -0.05) is 0 Å². The fraction of sp³-hybridized carbons (Fsp3) is 0.800. The highest BCUT2D eigenvalue weighted by Crippen LogP contribution is 2.14. The van der Waals surface area contributed by atoms with Crippen molar-refractivity contribution in [2.75, 3.05) is 20.3 Å². The molecule has 0 amide bonds. The maximum absolute atomic E-state index is 5.09. The molecule has 1 aromatic heterocycles. The molecule has 0 aliphatic carbocycles. The predicted octanol–water partition coefficient (Wildman–Crippen LogP) is 2.47. The Kier molecular flexibility index (Phi) is 6.01. The smallest absolute Gasteiger partial charge is 0.0628 e. The third kappa shape index (κ3) is 5.33. The summed E-state index contributed by atoms with van der Waals surface area (Å²) >= 11 is 0. The van der Waals surface area contributed by atoms with Crippen LogP contribution in [0, 0.1) is 13.8 Å². The van der Waals surface area contributed by atoms with Crippen LogP contribution in [0.15, 0.2) is 0 Å². The van der Waals surface area contributed by atoms with Crippen LogP contribution in [0.1, 0.15) is 44.1 Å². The number of hydrogen-bond acceptors (Lipinski definition) is 3.